The summed E-state index contributed by atoms with van der Waals surface area (Å²) in [6.45, 7) is 6.34. The number of amides is 1. The number of nitrogens with zero attached hydrogens (tertiary/aromatic N) is 2. The van der Waals surface area contributed by atoms with Crippen molar-refractivity contribution >= 4 is 22.5 Å². The van der Waals surface area contributed by atoms with Crippen molar-refractivity contribution in [3.63, 3.8) is 0 Å². The molecule has 0 saturated heterocycles. The summed E-state index contributed by atoms with van der Waals surface area (Å²) in [6, 6.07) is 10.2. The van der Waals surface area contributed by atoms with E-state index in [1.165, 1.54) is 11.1 Å². The first-order chi connectivity index (χ1) is 13.6. The highest BCUT2D eigenvalue weighted by Crippen LogP contribution is 2.27. The number of anilines is 1. The van der Waals surface area contributed by atoms with Gasteiger partial charge in [0.05, 0.1) is 0 Å². The molecule has 4 heteroatoms. The second-order valence-electron chi connectivity index (χ2n) is 7.11. The number of aromatic nitrogens is 2. The van der Waals surface area contributed by atoms with Gasteiger partial charge >= 0.3 is 0 Å². The van der Waals surface area contributed by atoms with Gasteiger partial charge < -0.3 is 5.32 Å². The number of benzene rings is 1. The minimum Gasteiger partial charge on any atom is -0.307 e. The maximum absolute atomic E-state index is 12.4. The monoisotopic (exact) mass is 373 g/mol. The van der Waals surface area contributed by atoms with Gasteiger partial charge in [-0.3, -0.25) is 9.78 Å². The Labute approximate surface area is 166 Å². The van der Waals surface area contributed by atoms with Crippen molar-refractivity contribution in [1.29, 1.82) is 0 Å². The van der Waals surface area contributed by atoms with Crippen LogP contribution in [0, 0.1) is 6.92 Å². The molecule has 2 aromatic heterocycles. The van der Waals surface area contributed by atoms with E-state index < -0.39 is 0 Å². The third kappa shape index (κ3) is 4.83. The predicted octanol–water partition coefficient (Wildman–Crippen LogP) is 6.07. The van der Waals surface area contributed by atoms with Crippen molar-refractivity contribution in [1.82, 2.24) is 9.97 Å². The molecule has 0 spiro atoms. The molecular formula is C24H27N3O. The van der Waals surface area contributed by atoms with Gasteiger partial charge in [0.15, 0.2) is 0 Å². The van der Waals surface area contributed by atoms with E-state index in [-0.39, 0.29) is 5.91 Å². The fourth-order valence-electron chi connectivity index (χ4n) is 3.40. The Morgan fingerprint density at radius 3 is 2.54 bits per heavy atom. The topological polar surface area (TPSA) is 54.9 Å². The van der Waals surface area contributed by atoms with E-state index in [2.05, 4.69) is 54.3 Å². The molecule has 0 aliphatic rings. The molecule has 0 aliphatic carbocycles. The maximum Gasteiger partial charge on any atom is 0.249 e. The van der Waals surface area contributed by atoms with Gasteiger partial charge in [-0.1, -0.05) is 44.4 Å². The number of pyridine rings is 2. The summed E-state index contributed by atoms with van der Waals surface area (Å²) in [5, 5.41) is 4.99. The molecule has 1 N–H and O–H groups in total. The fraction of sp³-hybridized carbons (Fsp3) is 0.292. The SMILES string of the molecule is CCCC(=CC(=O)Nc1cc2cc(-c3cnccc3C)ccc2cn1)CCC. The van der Waals surface area contributed by atoms with Gasteiger partial charge in [-0.05, 0) is 54.5 Å². The van der Waals surface area contributed by atoms with E-state index in [0.717, 1.165) is 47.6 Å². The molecule has 0 atom stereocenters. The van der Waals surface area contributed by atoms with Crippen LogP contribution in [0.25, 0.3) is 21.9 Å². The van der Waals surface area contributed by atoms with E-state index in [0.29, 0.717) is 5.82 Å². The van der Waals surface area contributed by atoms with Crippen LogP contribution >= 0.6 is 0 Å². The van der Waals surface area contributed by atoms with Crippen molar-refractivity contribution < 1.29 is 4.79 Å². The standard InChI is InChI=1S/C24H27N3O/c1-4-6-18(7-5-2)12-24(28)27-23-14-21-13-19(8-9-20(21)15-26-23)22-16-25-11-10-17(22)3/h8-16H,4-7H2,1-3H3,(H,26,27,28). The zero-order valence-electron chi connectivity index (χ0n) is 16.8. The summed E-state index contributed by atoms with van der Waals surface area (Å²) >= 11 is 0. The lowest BCUT2D eigenvalue weighted by atomic mass is 10.0. The number of hydrogen-bond donors (Lipinski definition) is 1. The van der Waals surface area contributed by atoms with Gasteiger partial charge in [0, 0.05) is 35.6 Å². The van der Waals surface area contributed by atoms with Crippen LogP contribution in [0.2, 0.25) is 0 Å². The Kier molecular flexibility index (Phi) is 6.53. The van der Waals surface area contributed by atoms with Crippen LogP contribution in [-0.4, -0.2) is 15.9 Å². The second-order valence-corrected chi connectivity index (χ2v) is 7.11. The summed E-state index contributed by atoms with van der Waals surface area (Å²) in [7, 11) is 0. The first-order valence-electron chi connectivity index (χ1n) is 9.92. The Morgan fingerprint density at radius 1 is 1.04 bits per heavy atom. The molecule has 28 heavy (non-hydrogen) atoms. The lowest BCUT2D eigenvalue weighted by Gasteiger charge is -2.09. The number of fused-ring (bicyclic) bond motifs is 1. The van der Waals surface area contributed by atoms with Crippen LogP contribution in [0.3, 0.4) is 0 Å². The first-order valence-corrected chi connectivity index (χ1v) is 9.92. The van der Waals surface area contributed by atoms with E-state index >= 15 is 0 Å². The largest absolute Gasteiger partial charge is 0.307 e. The number of allylic oxidation sites excluding steroid dienone is 1. The highest BCUT2D eigenvalue weighted by atomic mass is 16.1. The Bertz CT molecular complexity index is 1000. The lowest BCUT2D eigenvalue weighted by Crippen LogP contribution is -2.10. The van der Waals surface area contributed by atoms with Gasteiger partial charge in [-0.25, -0.2) is 4.98 Å². The van der Waals surface area contributed by atoms with Crippen molar-refractivity contribution in [2.24, 2.45) is 0 Å². The molecule has 3 rings (SSSR count). The number of nitrogens with one attached hydrogen (secondary N) is 1. The summed E-state index contributed by atoms with van der Waals surface area (Å²) < 4.78 is 0. The molecule has 2 heterocycles. The fourth-order valence-corrected chi connectivity index (χ4v) is 3.40. The Morgan fingerprint density at radius 2 is 1.82 bits per heavy atom. The van der Waals surface area contributed by atoms with Crippen molar-refractivity contribution in [3.8, 4) is 11.1 Å². The zero-order valence-corrected chi connectivity index (χ0v) is 16.8. The summed E-state index contributed by atoms with van der Waals surface area (Å²) in [5.74, 6) is 0.462. The Balaban J connectivity index is 1.86. The molecule has 4 nitrogen and oxygen atoms in total. The molecular weight excluding hydrogens is 346 g/mol. The molecule has 0 unspecified atom stereocenters. The first kappa shape index (κ1) is 19.7. The number of rotatable bonds is 7. The molecule has 3 aromatic rings. The zero-order chi connectivity index (χ0) is 19.9. The molecule has 0 bridgehead atoms. The lowest BCUT2D eigenvalue weighted by molar-refractivity contribution is -0.112. The second kappa shape index (κ2) is 9.27. The third-order valence-electron chi connectivity index (χ3n) is 4.80. The van der Waals surface area contributed by atoms with Crippen LogP contribution in [0.1, 0.15) is 45.1 Å². The number of hydrogen-bond acceptors (Lipinski definition) is 3. The molecule has 1 amide bonds. The smallest absolute Gasteiger partial charge is 0.249 e. The average Bonchev–Trinajstić information content (AvgIpc) is 2.68. The quantitative estimate of drug-likeness (QED) is 0.511. The average molecular weight is 374 g/mol. The van der Waals surface area contributed by atoms with E-state index in [4.69, 9.17) is 0 Å². The molecule has 0 fully saturated rings. The van der Waals surface area contributed by atoms with Gasteiger partial charge in [0.2, 0.25) is 5.91 Å². The van der Waals surface area contributed by atoms with Gasteiger partial charge in [0.25, 0.3) is 0 Å². The highest BCUT2D eigenvalue weighted by molar-refractivity contribution is 6.00. The molecule has 144 valence electrons. The predicted molar refractivity (Wildman–Crippen MR) is 116 cm³/mol. The molecule has 1 aromatic carbocycles. The minimum atomic E-state index is -0.108. The van der Waals surface area contributed by atoms with Crippen molar-refractivity contribution in [2.45, 2.75) is 46.5 Å². The van der Waals surface area contributed by atoms with E-state index in [1.807, 2.05) is 18.3 Å². The normalized spacial score (nSPS) is 10.7. The van der Waals surface area contributed by atoms with Crippen molar-refractivity contribution in [3.05, 3.63) is 66.1 Å². The molecule has 0 radical (unpaired) electrons. The van der Waals surface area contributed by atoms with E-state index in [1.54, 1.807) is 18.5 Å². The number of carbonyl (C=O) groups excluding carboxylic acids is 1. The van der Waals surface area contributed by atoms with Crippen molar-refractivity contribution in [2.75, 3.05) is 5.32 Å². The summed E-state index contributed by atoms with van der Waals surface area (Å²) in [4.78, 5) is 21.0. The van der Waals surface area contributed by atoms with Gasteiger partial charge in [-0.2, -0.15) is 0 Å². The third-order valence-corrected chi connectivity index (χ3v) is 4.80. The highest BCUT2D eigenvalue weighted by Gasteiger charge is 2.07. The Hall–Kier alpha value is -3.01. The van der Waals surface area contributed by atoms with E-state index in [9.17, 15) is 4.79 Å². The molecule has 0 saturated carbocycles. The van der Waals surface area contributed by atoms with Crippen LogP contribution in [0.15, 0.2) is 60.6 Å². The number of carbonyl (C=O) groups is 1. The molecule has 0 aliphatic heterocycles. The van der Waals surface area contributed by atoms with Crippen LogP contribution in [-0.2, 0) is 4.79 Å². The van der Waals surface area contributed by atoms with Gasteiger partial charge in [0.1, 0.15) is 5.82 Å². The van der Waals surface area contributed by atoms with Gasteiger partial charge in [-0.15, -0.1) is 0 Å². The van der Waals surface area contributed by atoms with Crippen LogP contribution in [0.4, 0.5) is 5.82 Å². The maximum atomic E-state index is 12.4. The van der Waals surface area contributed by atoms with Crippen LogP contribution < -0.4 is 5.32 Å². The summed E-state index contributed by atoms with van der Waals surface area (Å²) in [6.07, 6.45) is 11.2. The minimum absolute atomic E-state index is 0.108. The summed E-state index contributed by atoms with van der Waals surface area (Å²) in [5.41, 5.74) is 4.59. The van der Waals surface area contributed by atoms with Crippen LogP contribution in [0.5, 0.6) is 0 Å². The number of aryl methyl sites for hydroxylation is 1.